The van der Waals surface area contributed by atoms with Gasteiger partial charge in [-0.2, -0.15) is 0 Å². The summed E-state index contributed by atoms with van der Waals surface area (Å²) in [5, 5.41) is 24.1. The van der Waals surface area contributed by atoms with Gasteiger partial charge in [-0.3, -0.25) is 9.59 Å². The summed E-state index contributed by atoms with van der Waals surface area (Å²) < 4.78 is 0. The average molecular weight is 337 g/mol. The number of aliphatic hydroxyl groups is 1. The Labute approximate surface area is 138 Å². The second-order valence-electron chi connectivity index (χ2n) is 5.19. The molecule has 7 heteroatoms. The van der Waals surface area contributed by atoms with Crippen LogP contribution in [0.2, 0.25) is 5.02 Å². The van der Waals surface area contributed by atoms with E-state index in [4.69, 9.17) is 16.7 Å². The maximum absolute atomic E-state index is 12.1. The first-order valence-electron chi connectivity index (χ1n) is 7.05. The molecular formula is C16H17ClN2O4. The summed E-state index contributed by atoms with van der Waals surface area (Å²) in [6.07, 6.45) is 2.90. The number of aliphatic hydroxyl groups excluding tert-OH is 1. The molecule has 0 heterocycles. The van der Waals surface area contributed by atoms with Gasteiger partial charge in [0.15, 0.2) is 0 Å². The number of nitrogens with one attached hydrogen (secondary N) is 2. The third kappa shape index (κ3) is 4.34. The second kappa shape index (κ2) is 7.30. The molecule has 1 atom stereocenters. The van der Waals surface area contributed by atoms with Crippen molar-refractivity contribution in [1.29, 1.82) is 0 Å². The highest BCUT2D eigenvalue weighted by atomic mass is 35.5. The van der Waals surface area contributed by atoms with Crippen LogP contribution in [0.1, 0.15) is 13.3 Å². The van der Waals surface area contributed by atoms with E-state index in [1.807, 2.05) is 6.92 Å². The van der Waals surface area contributed by atoms with Gasteiger partial charge in [0, 0.05) is 30.5 Å². The molecule has 2 rings (SSSR count). The standard InChI is InChI=1S/C16H17ClN2O4/c1-9(4-5-20)18-12-7-16(23)13(8-15(12)22)19-10-2-3-14(21)11(17)6-10/h2-3,6-9,18-21H,4-5H2,1H3. The lowest BCUT2D eigenvalue weighted by Crippen LogP contribution is -2.32. The Morgan fingerprint density at radius 2 is 1.83 bits per heavy atom. The van der Waals surface area contributed by atoms with E-state index in [-0.39, 0.29) is 46.4 Å². The highest BCUT2D eigenvalue weighted by Crippen LogP contribution is 2.27. The number of benzene rings is 1. The Kier molecular flexibility index (Phi) is 5.41. The van der Waals surface area contributed by atoms with Gasteiger partial charge in [0.2, 0.25) is 11.6 Å². The number of anilines is 1. The summed E-state index contributed by atoms with van der Waals surface area (Å²) in [6.45, 7) is 1.80. The zero-order valence-electron chi connectivity index (χ0n) is 12.5. The molecule has 0 radical (unpaired) electrons. The Hall–Kier alpha value is -2.31. The van der Waals surface area contributed by atoms with Gasteiger partial charge in [-0.25, -0.2) is 0 Å². The lowest BCUT2D eigenvalue weighted by Gasteiger charge is -2.19. The van der Waals surface area contributed by atoms with Crippen molar-refractivity contribution in [1.82, 2.24) is 5.32 Å². The molecule has 1 aromatic rings. The van der Waals surface area contributed by atoms with Gasteiger partial charge in [-0.1, -0.05) is 11.6 Å². The van der Waals surface area contributed by atoms with Gasteiger partial charge >= 0.3 is 0 Å². The van der Waals surface area contributed by atoms with E-state index in [2.05, 4.69) is 10.6 Å². The molecule has 0 aliphatic heterocycles. The predicted octanol–water partition coefficient (Wildman–Crippen LogP) is 1.74. The SMILES string of the molecule is CC(CCO)NC1=CC(=O)C(Nc2ccc(O)c(Cl)c2)=CC1=O. The normalized spacial score (nSPS) is 15.8. The van der Waals surface area contributed by atoms with Gasteiger partial charge in [-0.15, -0.1) is 0 Å². The molecular weight excluding hydrogens is 320 g/mol. The largest absolute Gasteiger partial charge is 0.506 e. The van der Waals surface area contributed by atoms with E-state index in [0.717, 1.165) is 0 Å². The van der Waals surface area contributed by atoms with Crippen molar-refractivity contribution in [3.8, 4) is 5.75 Å². The Morgan fingerprint density at radius 1 is 1.17 bits per heavy atom. The van der Waals surface area contributed by atoms with Crippen molar-refractivity contribution >= 4 is 28.9 Å². The van der Waals surface area contributed by atoms with Crippen LogP contribution < -0.4 is 10.6 Å². The van der Waals surface area contributed by atoms with Crippen LogP contribution in [0, 0.1) is 0 Å². The molecule has 0 spiro atoms. The summed E-state index contributed by atoms with van der Waals surface area (Å²) in [5.74, 6) is -0.754. The highest BCUT2D eigenvalue weighted by Gasteiger charge is 2.21. The number of phenols is 1. The van der Waals surface area contributed by atoms with Gasteiger partial charge in [-0.05, 0) is 31.5 Å². The number of hydrogen-bond donors (Lipinski definition) is 4. The number of hydrogen-bond acceptors (Lipinski definition) is 6. The van der Waals surface area contributed by atoms with Crippen LogP contribution in [-0.2, 0) is 9.59 Å². The number of aromatic hydroxyl groups is 1. The number of allylic oxidation sites excluding steroid dienone is 2. The molecule has 4 N–H and O–H groups in total. The molecule has 0 saturated heterocycles. The molecule has 0 bridgehead atoms. The highest BCUT2D eigenvalue weighted by molar-refractivity contribution is 6.32. The number of phenolic OH excluding ortho intramolecular Hbond substituents is 1. The van der Waals surface area contributed by atoms with Crippen LogP contribution >= 0.6 is 11.6 Å². The van der Waals surface area contributed by atoms with E-state index in [1.54, 1.807) is 6.07 Å². The van der Waals surface area contributed by atoms with Crippen LogP contribution in [0.15, 0.2) is 41.7 Å². The van der Waals surface area contributed by atoms with Crippen molar-refractivity contribution in [3.05, 3.63) is 46.8 Å². The third-order valence-electron chi connectivity index (χ3n) is 3.27. The Balaban J connectivity index is 2.10. The first-order valence-corrected chi connectivity index (χ1v) is 7.43. The maximum atomic E-state index is 12.1. The second-order valence-corrected chi connectivity index (χ2v) is 5.60. The number of carbonyl (C=O) groups excluding carboxylic acids is 2. The predicted molar refractivity (Wildman–Crippen MR) is 87.2 cm³/mol. The number of rotatable bonds is 6. The zero-order valence-corrected chi connectivity index (χ0v) is 13.2. The van der Waals surface area contributed by atoms with Crippen LogP contribution in [-0.4, -0.2) is 34.4 Å². The summed E-state index contributed by atoms with van der Waals surface area (Å²) in [4.78, 5) is 24.2. The van der Waals surface area contributed by atoms with Crippen LogP contribution in [0.4, 0.5) is 5.69 Å². The topological polar surface area (TPSA) is 98.7 Å². The summed E-state index contributed by atoms with van der Waals surface area (Å²) in [7, 11) is 0. The Bertz CT molecular complexity index is 697. The summed E-state index contributed by atoms with van der Waals surface area (Å²) in [5.41, 5.74) is 0.806. The smallest absolute Gasteiger partial charge is 0.204 e. The zero-order chi connectivity index (χ0) is 17.0. The fourth-order valence-electron chi connectivity index (χ4n) is 2.04. The molecule has 1 unspecified atom stereocenters. The van der Waals surface area contributed by atoms with Crippen LogP contribution in [0.5, 0.6) is 5.75 Å². The molecule has 122 valence electrons. The van der Waals surface area contributed by atoms with Crippen LogP contribution in [0.3, 0.4) is 0 Å². The van der Waals surface area contributed by atoms with E-state index in [9.17, 15) is 14.7 Å². The molecule has 6 nitrogen and oxygen atoms in total. The monoisotopic (exact) mass is 336 g/mol. The first kappa shape index (κ1) is 17.1. The third-order valence-corrected chi connectivity index (χ3v) is 3.58. The fraction of sp³-hybridized carbons (Fsp3) is 0.250. The molecule has 23 heavy (non-hydrogen) atoms. The van der Waals surface area contributed by atoms with E-state index >= 15 is 0 Å². The van der Waals surface area contributed by atoms with Gasteiger partial charge in [0.05, 0.1) is 16.4 Å². The van der Waals surface area contributed by atoms with Crippen LogP contribution in [0.25, 0.3) is 0 Å². The van der Waals surface area contributed by atoms with E-state index in [1.165, 1.54) is 24.3 Å². The number of ketones is 2. The quantitative estimate of drug-likeness (QED) is 0.466. The summed E-state index contributed by atoms with van der Waals surface area (Å²) in [6, 6.07) is 4.26. The van der Waals surface area contributed by atoms with Crippen molar-refractivity contribution < 1.29 is 19.8 Å². The average Bonchev–Trinajstić information content (AvgIpc) is 2.48. The Morgan fingerprint density at radius 3 is 2.48 bits per heavy atom. The molecule has 1 aliphatic rings. The molecule has 0 amide bonds. The molecule has 0 aromatic heterocycles. The van der Waals surface area contributed by atoms with Crippen molar-refractivity contribution in [2.45, 2.75) is 19.4 Å². The van der Waals surface area contributed by atoms with Gasteiger partial charge in [0.25, 0.3) is 0 Å². The lowest BCUT2D eigenvalue weighted by molar-refractivity contribution is -0.115. The van der Waals surface area contributed by atoms with Crippen molar-refractivity contribution in [2.24, 2.45) is 0 Å². The van der Waals surface area contributed by atoms with E-state index < -0.39 is 0 Å². The summed E-state index contributed by atoms with van der Waals surface area (Å²) >= 11 is 5.80. The molecule has 0 saturated carbocycles. The van der Waals surface area contributed by atoms with E-state index in [0.29, 0.717) is 12.1 Å². The maximum Gasteiger partial charge on any atom is 0.204 e. The number of halogens is 1. The van der Waals surface area contributed by atoms with Gasteiger partial charge < -0.3 is 20.8 Å². The molecule has 0 fully saturated rings. The molecule has 1 aromatic carbocycles. The number of carbonyl (C=O) groups is 2. The van der Waals surface area contributed by atoms with Gasteiger partial charge in [0.1, 0.15) is 5.75 Å². The minimum absolute atomic E-state index is 0.00611. The first-order chi connectivity index (χ1) is 10.9. The molecule has 1 aliphatic carbocycles. The van der Waals surface area contributed by atoms with Crippen molar-refractivity contribution in [3.63, 3.8) is 0 Å². The van der Waals surface area contributed by atoms with Crippen molar-refractivity contribution in [2.75, 3.05) is 11.9 Å². The fourth-order valence-corrected chi connectivity index (χ4v) is 2.22. The minimum atomic E-state index is -0.354. The lowest BCUT2D eigenvalue weighted by atomic mass is 10.0. The minimum Gasteiger partial charge on any atom is -0.506 e.